The van der Waals surface area contributed by atoms with Gasteiger partial charge in [0, 0.05) is 6.42 Å². The molecule has 0 fully saturated rings. The number of unbranched alkanes of at least 4 members (excludes halogenated alkanes) is 1. The maximum absolute atomic E-state index is 6.58. The molecule has 0 amide bonds. The Hall–Kier alpha value is -0.0800. The van der Waals surface area contributed by atoms with E-state index in [1.165, 1.54) is 32.1 Å². The third-order valence-electron chi connectivity index (χ3n) is 3.59. The zero-order chi connectivity index (χ0) is 11.9. The topological polar surface area (TPSA) is 26.0 Å². The lowest BCUT2D eigenvalue weighted by Crippen LogP contribution is -2.67. The molecule has 0 spiro atoms. The van der Waals surface area contributed by atoms with Crippen molar-refractivity contribution in [3.05, 3.63) is 0 Å². The van der Waals surface area contributed by atoms with Crippen molar-refractivity contribution in [1.82, 2.24) is 0 Å². The first-order chi connectivity index (χ1) is 6.93. The minimum atomic E-state index is 0.224. The van der Waals surface area contributed by atoms with Crippen molar-refractivity contribution in [3.8, 4) is 0 Å². The molecule has 92 valence electrons. The van der Waals surface area contributed by atoms with Gasteiger partial charge in [0.25, 0.3) is 0 Å². The lowest BCUT2D eigenvalue weighted by atomic mass is 9.93. The van der Waals surface area contributed by atoms with Crippen LogP contribution < -0.4 is 5.84 Å². The molecule has 0 heterocycles. The third kappa shape index (κ3) is 4.12. The molecule has 0 aromatic heterocycles. The van der Waals surface area contributed by atoms with Crippen LogP contribution in [0.3, 0.4) is 0 Å². The summed E-state index contributed by atoms with van der Waals surface area (Å²) in [5, 5.41) is 0. The molecule has 0 bridgehead atoms. The molecular formula is C13H31N2+. The van der Waals surface area contributed by atoms with Gasteiger partial charge in [-0.05, 0) is 33.1 Å². The fourth-order valence-corrected chi connectivity index (χ4v) is 2.35. The molecule has 0 unspecified atom stereocenters. The standard InChI is InChI=1S/C13H31N2/c1-6-9-10-13(4,5)15(14,11-7-2)12-8-3/h6-12,14H2,1-5H3/q+1. The summed E-state index contributed by atoms with van der Waals surface area (Å²) in [6.45, 7) is 13.6. The predicted octanol–water partition coefficient (Wildman–Crippen LogP) is 3.47. The zero-order valence-electron chi connectivity index (χ0n) is 11.5. The molecule has 0 aliphatic carbocycles. The van der Waals surface area contributed by atoms with E-state index in [1.54, 1.807) is 0 Å². The van der Waals surface area contributed by atoms with Gasteiger partial charge in [0.05, 0.1) is 13.1 Å². The minimum Gasteiger partial charge on any atom is -0.244 e. The average Bonchev–Trinajstić information content (AvgIpc) is 2.15. The van der Waals surface area contributed by atoms with Crippen LogP contribution in [-0.2, 0) is 0 Å². The Kier molecular flexibility index (Phi) is 6.46. The van der Waals surface area contributed by atoms with Crippen LogP contribution in [0.15, 0.2) is 0 Å². The first kappa shape index (κ1) is 14.9. The van der Waals surface area contributed by atoms with Gasteiger partial charge in [0.2, 0.25) is 0 Å². The van der Waals surface area contributed by atoms with Crippen LogP contribution in [0.2, 0.25) is 0 Å². The normalized spacial score (nSPS) is 13.2. The van der Waals surface area contributed by atoms with E-state index in [0.29, 0.717) is 0 Å². The lowest BCUT2D eigenvalue weighted by molar-refractivity contribution is -0.984. The van der Waals surface area contributed by atoms with E-state index in [0.717, 1.165) is 17.7 Å². The SMILES string of the molecule is CCCCC(C)(C)[N+](N)(CCC)CCC. The number of rotatable bonds is 8. The molecule has 0 rings (SSSR count). The van der Waals surface area contributed by atoms with Crippen molar-refractivity contribution in [1.29, 1.82) is 0 Å². The highest BCUT2D eigenvalue weighted by atomic mass is 15.6. The fraction of sp³-hybridized carbons (Fsp3) is 1.00. The molecule has 0 aliphatic heterocycles. The van der Waals surface area contributed by atoms with Gasteiger partial charge in [-0.25, -0.2) is 4.59 Å². The Morgan fingerprint density at radius 3 is 1.73 bits per heavy atom. The van der Waals surface area contributed by atoms with Gasteiger partial charge in [-0.1, -0.05) is 27.2 Å². The average molecular weight is 215 g/mol. The van der Waals surface area contributed by atoms with Crippen LogP contribution in [-0.4, -0.2) is 23.2 Å². The fourth-order valence-electron chi connectivity index (χ4n) is 2.35. The zero-order valence-corrected chi connectivity index (χ0v) is 11.5. The Morgan fingerprint density at radius 1 is 0.933 bits per heavy atom. The van der Waals surface area contributed by atoms with Crippen molar-refractivity contribution in [3.63, 3.8) is 0 Å². The first-order valence-electron chi connectivity index (χ1n) is 6.59. The van der Waals surface area contributed by atoms with E-state index in [-0.39, 0.29) is 5.54 Å². The minimum absolute atomic E-state index is 0.224. The quantitative estimate of drug-likeness (QED) is 0.374. The summed E-state index contributed by atoms with van der Waals surface area (Å²) in [5.41, 5.74) is 0.224. The third-order valence-corrected chi connectivity index (χ3v) is 3.59. The highest BCUT2D eigenvalue weighted by Crippen LogP contribution is 2.27. The Labute approximate surface area is 96.4 Å². The number of nitrogens with zero attached hydrogens (tertiary/aromatic N) is 1. The molecule has 0 atom stereocenters. The molecule has 0 saturated heterocycles. The molecule has 0 aliphatic rings. The first-order valence-corrected chi connectivity index (χ1v) is 6.59. The van der Waals surface area contributed by atoms with Crippen LogP contribution >= 0.6 is 0 Å². The van der Waals surface area contributed by atoms with Gasteiger partial charge in [-0.3, -0.25) is 0 Å². The van der Waals surface area contributed by atoms with Crippen LogP contribution in [0.25, 0.3) is 0 Å². The maximum Gasteiger partial charge on any atom is 0.111 e. The number of nitrogens with two attached hydrogens (primary N) is 1. The molecule has 0 aromatic rings. The van der Waals surface area contributed by atoms with Gasteiger partial charge in [-0.15, -0.1) is 0 Å². The molecule has 0 aromatic carbocycles. The summed E-state index contributed by atoms with van der Waals surface area (Å²) in [4.78, 5) is 0. The van der Waals surface area contributed by atoms with Crippen LogP contribution in [0.4, 0.5) is 0 Å². The highest BCUT2D eigenvalue weighted by Gasteiger charge is 2.39. The van der Waals surface area contributed by atoms with E-state index in [1.807, 2.05) is 0 Å². The molecule has 2 nitrogen and oxygen atoms in total. The molecule has 2 heteroatoms. The molecule has 2 N–H and O–H groups in total. The van der Waals surface area contributed by atoms with E-state index in [9.17, 15) is 0 Å². The van der Waals surface area contributed by atoms with Crippen LogP contribution in [0.1, 0.15) is 66.7 Å². The number of hydrogen-bond donors (Lipinski definition) is 1. The molecular weight excluding hydrogens is 184 g/mol. The van der Waals surface area contributed by atoms with E-state index in [4.69, 9.17) is 5.84 Å². The van der Waals surface area contributed by atoms with Gasteiger partial charge in [-0.2, -0.15) is 5.84 Å². The molecule has 0 radical (unpaired) electrons. The Balaban J connectivity index is 4.55. The van der Waals surface area contributed by atoms with Gasteiger partial charge >= 0.3 is 0 Å². The Morgan fingerprint density at radius 2 is 1.40 bits per heavy atom. The van der Waals surface area contributed by atoms with Gasteiger partial charge in [0.1, 0.15) is 5.54 Å². The predicted molar refractivity (Wildman–Crippen MR) is 68.4 cm³/mol. The van der Waals surface area contributed by atoms with Crippen molar-refractivity contribution in [2.24, 2.45) is 5.84 Å². The summed E-state index contributed by atoms with van der Waals surface area (Å²) in [7, 11) is 0. The second-order valence-electron chi connectivity index (χ2n) is 5.40. The smallest absolute Gasteiger partial charge is 0.111 e. The number of hydrogen-bond acceptors (Lipinski definition) is 1. The molecule has 0 saturated carbocycles. The van der Waals surface area contributed by atoms with Crippen molar-refractivity contribution in [2.75, 3.05) is 13.1 Å². The summed E-state index contributed by atoms with van der Waals surface area (Å²) >= 11 is 0. The summed E-state index contributed by atoms with van der Waals surface area (Å²) in [6.07, 6.45) is 6.14. The number of quaternary nitrogens is 1. The van der Waals surface area contributed by atoms with Gasteiger partial charge < -0.3 is 0 Å². The monoisotopic (exact) mass is 215 g/mol. The van der Waals surface area contributed by atoms with Crippen molar-refractivity contribution >= 4 is 0 Å². The van der Waals surface area contributed by atoms with Crippen molar-refractivity contribution < 1.29 is 4.59 Å². The summed E-state index contributed by atoms with van der Waals surface area (Å²) in [6, 6.07) is 0. The largest absolute Gasteiger partial charge is 0.244 e. The maximum atomic E-state index is 6.58. The summed E-state index contributed by atoms with van der Waals surface area (Å²) < 4.78 is 0.750. The van der Waals surface area contributed by atoms with E-state index in [2.05, 4.69) is 34.6 Å². The summed E-state index contributed by atoms with van der Waals surface area (Å²) in [5.74, 6) is 6.58. The Bertz CT molecular complexity index is 158. The lowest BCUT2D eigenvalue weighted by Gasteiger charge is -2.46. The van der Waals surface area contributed by atoms with E-state index >= 15 is 0 Å². The van der Waals surface area contributed by atoms with Gasteiger partial charge in [0.15, 0.2) is 0 Å². The van der Waals surface area contributed by atoms with Crippen molar-refractivity contribution in [2.45, 2.75) is 72.3 Å². The van der Waals surface area contributed by atoms with E-state index < -0.39 is 0 Å². The molecule has 15 heavy (non-hydrogen) atoms. The van der Waals surface area contributed by atoms with Crippen LogP contribution in [0, 0.1) is 0 Å². The second-order valence-corrected chi connectivity index (χ2v) is 5.40. The second kappa shape index (κ2) is 6.49. The van der Waals surface area contributed by atoms with Crippen LogP contribution in [0.5, 0.6) is 0 Å². The highest BCUT2D eigenvalue weighted by molar-refractivity contribution is 4.69.